The molecule has 1 aromatic carbocycles. The van der Waals surface area contributed by atoms with Gasteiger partial charge in [-0.15, -0.1) is 0 Å². The maximum atomic E-state index is 10.8. The largest absolute Gasteiger partial charge is 0.504 e. The van der Waals surface area contributed by atoms with Gasteiger partial charge < -0.3 is 19.8 Å². The van der Waals surface area contributed by atoms with Crippen molar-refractivity contribution in [2.45, 2.75) is 49.7 Å². The van der Waals surface area contributed by atoms with E-state index in [0.29, 0.717) is 23.5 Å². The Morgan fingerprint density at radius 1 is 1.32 bits per heavy atom. The number of phenolic OH excluding ortho intramolecular Hbond substituents is 1. The molecule has 120 valence electrons. The smallest absolute Gasteiger partial charge is 0.161 e. The summed E-state index contributed by atoms with van der Waals surface area (Å²) in [5.74, 6) is 1.39. The normalized spacial score (nSPS) is 37.3. The summed E-state index contributed by atoms with van der Waals surface area (Å²) in [6, 6.07) is 4.51. The molecule has 22 heavy (non-hydrogen) atoms. The van der Waals surface area contributed by atoms with Crippen molar-refractivity contribution in [2.24, 2.45) is 5.92 Å². The Hall–Kier alpha value is -1.26. The highest BCUT2D eigenvalue weighted by atomic mass is 16.5. The van der Waals surface area contributed by atoms with E-state index in [4.69, 9.17) is 4.74 Å². The number of likely N-dealkylation sites (N-methyl/N-ethyl adjacent to an activating group) is 1. The van der Waals surface area contributed by atoms with Gasteiger partial charge in [-0.05, 0) is 63.2 Å². The highest BCUT2D eigenvalue weighted by Crippen LogP contribution is 2.58. The Morgan fingerprint density at radius 2 is 2.14 bits per heavy atom. The molecule has 0 radical (unpaired) electrons. The number of rotatable bonds is 1. The van der Waals surface area contributed by atoms with Crippen LogP contribution in [0.15, 0.2) is 12.1 Å². The van der Waals surface area contributed by atoms with Crippen LogP contribution < -0.4 is 4.74 Å². The fourth-order valence-corrected chi connectivity index (χ4v) is 5.46. The van der Waals surface area contributed by atoms with Crippen LogP contribution in [0.1, 0.15) is 36.8 Å². The topological polar surface area (TPSA) is 52.9 Å². The van der Waals surface area contributed by atoms with Crippen molar-refractivity contribution in [1.82, 2.24) is 4.90 Å². The van der Waals surface area contributed by atoms with Gasteiger partial charge in [-0.25, -0.2) is 0 Å². The average Bonchev–Trinajstić information content (AvgIpc) is 2.50. The molecule has 0 amide bonds. The van der Waals surface area contributed by atoms with E-state index in [1.54, 1.807) is 7.11 Å². The molecule has 1 unspecified atom stereocenters. The summed E-state index contributed by atoms with van der Waals surface area (Å²) in [7, 11) is 3.82. The van der Waals surface area contributed by atoms with E-state index in [9.17, 15) is 10.2 Å². The maximum absolute atomic E-state index is 10.8. The van der Waals surface area contributed by atoms with Crippen molar-refractivity contribution < 1.29 is 14.9 Å². The predicted octanol–water partition coefficient (Wildman–Crippen LogP) is 2.06. The third-order valence-corrected chi connectivity index (χ3v) is 6.44. The van der Waals surface area contributed by atoms with Crippen LogP contribution in [0.4, 0.5) is 0 Å². The Kier molecular flexibility index (Phi) is 3.17. The number of likely N-dealkylation sites (tertiary alicyclic amines) is 1. The first-order chi connectivity index (χ1) is 10.6. The van der Waals surface area contributed by atoms with Gasteiger partial charge in [-0.2, -0.15) is 0 Å². The van der Waals surface area contributed by atoms with Gasteiger partial charge in [0, 0.05) is 17.0 Å². The number of ether oxygens (including phenoxy) is 1. The first-order valence-electron chi connectivity index (χ1n) is 8.34. The number of phenols is 1. The van der Waals surface area contributed by atoms with Gasteiger partial charge in [0.05, 0.1) is 13.2 Å². The van der Waals surface area contributed by atoms with Crippen molar-refractivity contribution in [3.63, 3.8) is 0 Å². The van der Waals surface area contributed by atoms with Crippen molar-refractivity contribution in [3.05, 3.63) is 23.3 Å². The van der Waals surface area contributed by atoms with Crippen molar-refractivity contribution >= 4 is 0 Å². The second-order valence-corrected chi connectivity index (χ2v) is 7.35. The number of aliphatic hydroxyl groups excluding tert-OH is 1. The van der Waals surface area contributed by atoms with Crippen LogP contribution >= 0.6 is 0 Å². The summed E-state index contributed by atoms with van der Waals surface area (Å²) < 4.78 is 5.35. The zero-order chi connectivity index (χ0) is 15.5. The predicted molar refractivity (Wildman–Crippen MR) is 84.4 cm³/mol. The molecule has 4 atom stereocenters. The maximum Gasteiger partial charge on any atom is 0.161 e. The van der Waals surface area contributed by atoms with Crippen molar-refractivity contribution in [2.75, 3.05) is 20.7 Å². The first kappa shape index (κ1) is 14.3. The number of hydrogen-bond acceptors (Lipinski definition) is 4. The summed E-state index contributed by atoms with van der Waals surface area (Å²) in [5.41, 5.74) is 2.22. The molecular weight excluding hydrogens is 278 g/mol. The third kappa shape index (κ3) is 1.77. The zero-order valence-electron chi connectivity index (χ0n) is 13.4. The lowest BCUT2D eigenvalue weighted by molar-refractivity contribution is -0.0403. The van der Waals surface area contributed by atoms with Gasteiger partial charge in [-0.3, -0.25) is 0 Å². The fourth-order valence-electron chi connectivity index (χ4n) is 5.46. The Morgan fingerprint density at radius 3 is 2.91 bits per heavy atom. The standard InChI is InChI=1S/C18H25NO3/c1-19-8-7-18-10-12(20)4-5-13(18)14(19)9-11-3-6-15(22-2)17(21)16(11)18/h3,6,12-14,20-21H,4-5,7-10H2,1-2H3/t12-,13-,14?,18-/m0/s1. The summed E-state index contributed by atoms with van der Waals surface area (Å²) in [6.07, 6.45) is 4.46. The average molecular weight is 303 g/mol. The molecule has 4 heteroatoms. The highest BCUT2D eigenvalue weighted by molar-refractivity contribution is 5.56. The molecule has 1 saturated heterocycles. The third-order valence-electron chi connectivity index (χ3n) is 6.44. The lowest BCUT2D eigenvalue weighted by Crippen LogP contribution is -2.61. The molecule has 1 saturated carbocycles. The fraction of sp³-hybridized carbons (Fsp3) is 0.667. The number of fused-ring (bicyclic) bond motifs is 1. The Labute approximate surface area is 131 Å². The minimum Gasteiger partial charge on any atom is -0.504 e. The molecule has 0 spiro atoms. The SMILES string of the molecule is COc1ccc2c(c1O)[C@]13CCN(C)C(C2)[C@@H]1CC[C@H](O)C3. The van der Waals surface area contributed by atoms with E-state index in [2.05, 4.69) is 18.0 Å². The monoisotopic (exact) mass is 303 g/mol. The summed E-state index contributed by atoms with van der Waals surface area (Å²) in [4.78, 5) is 2.48. The van der Waals surface area contributed by atoms with E-state index in [0.717, 1.165) is 44.2 Å². The Balaban J connectivity index is 1.93. The van der Waals surface area contributed by atoms with Gasteiger partial charge in [0.2, 0.25) is 0 Å². The molecular formula is C18H25NO3. The minimum absolute atomic E-state index is 0.0823. The number of benzene rings is 1. The molecule has 1 aromatic rings. The highest BCUT2D eigenvalue weighted by Gasteiger charge is 2.56. The molecule has 4 rings (SSSR count). The number of aliphatic hydroxyl groups is 1. The Bertz CT molecular complexity index is 602. The van der Waals surface area contributed by atoms with E-state index < -0.39 is 0 Å². The summed E-state index contributed by atoms with van der Waals surface area (Å²) in [5, 5.41) is 21.1. The van der Waals surface area contributed by atoms with E-state index >= 15 is 0 Å². The van der Waals surface area contributed by atoms with Gasteiger partial charge in [0.25, 0.3) is 0 Å². The number of nitrogens with zero attached hydrogens (tertiary/aromatic N) is 1. The first-order valence-corrected chi connectivity index (χ1v) is 8.34. The van der Waals surface area contributed by atoms with Gasteiger partial charge in [-0.1, -0.05) is 6.07 Å². The summed E-state index contributed by atoms with van der Waals surface area (Å²) in [6.45, 7) is 1.03. The lowest BCUT2D eigenvalue weighted by Gasteiger charge is -2.59. The second kappa shape index (κ2) is 4.87. The molecule has 2 aliphatic carbocycles. The van der Waals surface area contributed by atoms with Gasteiger partial charge >= 0.3 is 0 Å². The minimum atomic E-state index is -0.253. The summed E-state index contributed by atoms with van der Waals surface area (Å²) >= 11 is 0. The zero-order valence-corrected chi connectivity index (χ0v) is 13.4. The quantitative estimate of drug-likeness (QED) is 0.834. The van der Waals surface area contributed by atoms with Gasteiger partial charge in [0.15, 0.2) is 11.5 Å². The van der Waals surface area contributed by atoms with Crippen LogP contribution in [-0.4, -0.2) is 48.0 Å². The van der Waals surface area contributed by atoms with Crippen LogP contribution in [0.5, 0.6) is 11.5 Å². The van der Waals surface area contributed by atoms with Crippen molar-refractivity contribution in [1.29, 1.82) is 0 Å². The van der Waals surface area contributed by atoms with Crippen LogP contribution in [-0.2, 0) is 11.8 Å². The van der Waals surface area contributed by atoms with Crippen LogP contribution in [0.3, 0.4) is 0 Å². The van der Waals surface area contributed by atoms with E-state index in [-0.39, 0.29) is 11.5 Å². The molecule has 2 bridgehead atoms. The molecule has 2 fully saturated rings. The van der Waals surface area contributed by atoms with Crippen LogP contribution in [0.25, 0.3) is 0 Å². The molecule has 1 aliphatic heterocycles. The number of hydrogen-bond donors (Lipinski definition) is 2. The lowest BCUT2D eigenvalue weighted by atomic mass is 9.51. The van der Waals surface area contributed by atoms with E-state index in [1.807, 2.05) is 6.07 Å². The van der Waals surface area contributed by atoms with Crippen LogP contribution in [0.2, 0.25) is 0 Å². The van der Waals surface area contributed by atoms with Crippen molar-refractivity contribution in [3.8, 4) is 11.5 Å². The number of piperidine rings is 1. The molecule has 1 heterocycles. The molecule has 0 aromatic heterocycles. The van der Waals surface area contributed by atoms with Crippen LogP contribution in [0, 0.1) is 5.92 Å². The second-order valence-electron chi connectivity index (χ2n) is 7.35. The van der Waals surface area contributed by atoms with Gasteiger partial charge in [0.1, 0.15) is 0 Å². The number of methoxy groups -OCH3 is 1. The molecule has 3 aliphatic rings. The van der Waals surface area contributed by atoms with E-state index in [1.165, 1.54) is 5.56 Å². The number of aromatic hydroxyl groups is 1. The molecule has 4 nitrogen and oxygen atoms in total. The molecule has 2 N–H and O–H groups in total.